The average Bonchev–Trinajstić information content (AvgIpc) is 3.15. The molecule has 0 saturated carbocycles. The Hall–Kier alpha value is -6.18. The van der Waals surface area contributed by atoms with Crippen LogP contribution in [-0.2, 0) is 0 Å². The maximum atomic E-state index is 2.41. The van der Waals surface area contributed by atoms with Crippen molar-refractivity contribution in [3.05, 3.63) is 188 Å². The molecule has 9 rings (SSSR count). The molecule has 0 aromatic heterocycles. The van der Waals surface area contributed by atoms with Gasteiger partial charge in [0.05, 0.1) is 5.69 Å². The molecule has 0 saturated heterocycles. The molecule has 0 amide bonds. The molecule has 0 fully saturated rings. The number of hydrogen-bond donors (Lipinski definition) is 0. The fourth-order valence-corrected chi connectivity index (χ4v) is 6.99. The van der Waals surface area contributed by atoms with E-state index >= 15 is 0 Å². The maximum absolute atomic E-state index is 2.41. The molecule has 0 spiro atoms. The minimum atomic E-state index is 1.12. The topological polar surface area (TPSA) is 3.24 Å². The van der Waals surface area contributed by atoms with E-state index in [1.807, 2.05) is 0 Å². The predicted molar refractivity (Wildman–Crippen MR) is 202 cm³/mol. The van der Waals surface area contributed by atoms with Gasteiger partial charge in [0.15, 0.2) is 0 Å². The Bertz CT molecular complexity index is 2440. The predicted octanol–water partition coefficient (Wildman–Crippen LogP) is 13.1. The fraction of sp³-hybridized carbons (Fsp3) is 0. The summed E-state index contributed by atoms with van der Waals surface area (Å²) in [5, 5.41) is 10.0. The van der Waals surface area contributed by atoms with E-state index in [0.717, 1.165) is 17.1 Å². The lowest BCUT2D eigenvalue weighted by atomic mass is 9.98. The number of nitrogens with zero attached hydrogens (tertiary/aromatic N) is 1. The third-order valence-electron chi connectivity index (χ3n) is 9.40. The first-order valence-electron chi connectivity index (χ1n) is 16.2. The van der Waals surface area contributed by atoms with Crippen LogP contribution in [-0.4, -0.2) is 0 Å². The second-order valence-corrected chi connectivity index (χ2v) is 12.2. The number of anilines is 3. The molecule has 0 aliphatic carbocycles. The Balaban J connectivity index is 1.18. The van der Waals surface area contributed by atoms with Crippen molar-refractivity contribution in [3.63, 3.8) is 0 Å². The van der Waals surface area contributed by atoms with Gasteiger partial charge in [-0.05, 0) is 102 Å². The molecule has 0 atom stereocenters. The number of hydrogen-bond acceptors (Lipinski definition) is 1. The summed E-state index contributed by atoms with van der Waals surface area (Å²) in [7, 11) is 0. The molecule has 220 valence electrons. The molecule has 1 nitrogen and oxygen atoms in total. The summed E-state index contributed by atoms with van der Waals surface area (Å²) in [6, 6.07) is 68.3. The second-order valence-electron chi connectivity index (χ2n) is 12.2. The highest BCUT2D eigenvalue weighted by Gasteiger charge is 2.18. The SMILES string of the molecule is c1ccc2cc(-c3ccc(N(c4ccc(-c5ccc6ccccc6c5)cc4)c4cc5ccccc5c5ccccc45)cc3)ccc2c1. The Morgan fingerprint density at radius 3 is 1.19 bits per heavy atom. The molecule has 0 radical (unpaired) electrons. The van der Waals surface area contributed by atoms with Crippen LogP contribution in [0.4, 0.5) is 17.1 Å². The zero-order valence-electron chi connectivity index (χ0n) is 25.8. The minimum Gasteiger partial charge on any atom is -0.310 e. The fourth-order valence-electron chi connectivity index (χ4n) is 6.99. The summed E-state index contributed by atoms with van der Waals surface area (Å²) in [4.78, 5) is 2.41. The average molecular weight is 598 g/mol. The van der Waals surface area contributed by atoms with Gasteiger partial charge in [-0.25, -0.2) is 0 Å². The highest BCUT2D eigenvalue weighted by Crippen LogP contribution is 2.43. The summed E-state index contributed by atoms with van der Waals surface area (Å²) in [6.07, 6.45) is 0. The highest BCUT2D eigenvalue weighted by molar-refractivity contribution is 6.14. The van der Waals surface area contributed by atoms with Gasteiger partial charge in [-0.15, -0.1) is 0 Å². The van der Waals surface area contributed by atoms with Crippen LogP contribution in [0.5, 0.6) is 0 Å². The summed E-state index contributed by atoms with van der Waals surface area (Å²) >= 11 is 0. The van der Waals surface area contributed by atoms with Crippen LogP contribution in [0.15, 0.2) is 188 Å². The van der Waals surface area contributed by atoms with E-state index in [1.165, 1.54) is 65.3 Å². The lowest BCUT2D eigenvalue weighted by molar-refractivity contribution is 1.30. The third-order valence-corrected chi connectivity index (χ3v) is 9.40. The second kappa shape index (κ2) is 11.3. The molecule has 0 N–H and O–H groups in total. The van der Waals surface area contributed by atoms with Crippen LogP contribution < -0.4 is 4.90 Å². The van der Waals surface area contributed by atoms with Crippen molar-refractivity contribution in [2.24, 2.45) is 0 Å². The Morgan fingerprint density at radius 1 is 0.255 bits per heavy atom. The van der Waals surface area contributed by atoms with E-state index in [2.05, 4.69) is 193 Å². The van der Waals surface area contributed by atoms with Crippen molar-refractivity contribution < 1.29 is 0 Å². The van der Waals surface area contributed by atoms with E-state index in [-0.39, 0.29) is 0 Å². The molecule has 9 aromatic rings. The number of rotatable bonds is 5. The van der Waals surface area contributed by atoms with Gasteiger partial charge in [-0.2, -0.15) is 0 Å². The van der Waals surface area contributed by atoms with E-state index in [0.29, 0.717) is 0 Å². The standard InChI is InChI=1S/C46H31N/c1-3-11-36-29-38(19-17-32(36)9-1)34-21-25-41(26-22-34)47(46-31-40-13-5-6-14-43(40)44-15-7-8-16-45(44)46)42-27-23-35(24-28-42)39-20-18-33-10-2-4-12-37(33)30-39/h1-31H. The number of fused-ring (bicyclic) bond motifs is 5. The van der Waals surface area contributed by atoms with Crippen molar-refractivity contribution in [2.45, 2.75) is 0 Å². The van der Waals surface area contributed by atoms with Crippen LogP contribution in [0.25, 0.3) is 65.3 Å². The molecule has 0 heterocycles. The summed E-state index contributed by atoms with van der Waals surface area (Å²) in [5.41, 5.74) is 8.25. The smallest absolute Gasteiger partial charge is 0.0546 e. The van der Waals surface area contributed by atoms with Crippen molar-refractivity contribution in [3.8, 4) is 22.3 Å². The minimum absolute atomic E-state index is 1.12. The zero-order chi connectivity index (χ0) is 31.2. The molecular formula is C46H31N. The first-order valence-corrected chi connectivity index (χ1v) is 16.2. The van der Waals surface area contributed by atoms with Gasteiger partial charge >= 0.3 is 0 Å². The molecule has 0 aliphatic rings. The van der Waals surface area contributed by atoms with Gasteiger partial charge in [0.1, 0.15) is 0 Å². The van der Waals surface area contributed by atoms with Crippen LogP contribution >= 0.6 is 0 Å². The van der Waals surface area contributed by atoms with Gasteiger partial charge in [0.2, 0.25) is 0 Å². The maximum Gasteiger partial charge on any atom is 0.0546 e. The first-order chi connectivity index (χ1) is 23.3. The Labute approximate surface area is 274 Å². The number of benzene rings is 9. The van der Waals surface area contributed by atoms with E-state index in [9.17, 15) is 0 Å². The Kier molecular flexibility index (Phi) is 6.54. The largest absolute Gasteiger partial charge is 0.310 e. The molecule has 0 unspecified atom stereocenters. The zero-order valence-corrected chi connectivity index (χ0v) is 25.8. The molecular weight excluding hydrogens is 567 g/mol. The Morgan fingerprint density at radius 2 is 0.660 bits per heavy atom. The summed E-state index contributed by atoms with van der Waals surface area (Å²) < 4.78 is 0. The first kappa shape index (κ1) is 27.2. The lowest BCUT2D eigenvalue weighted by Gasteiger charge is -2.28. The molecule has 0 bridgehead atoms. The van der Waals surface area contributed by atoms with Crippen molar-refractivity contribution >= 4 is 60.2 Å². The lowest BCUT2D eigenvalue weighted by Crippen LogP contribution is -2.10. The molecule has 0 aliphatic heterocycles. The summed E-state index contributed by atoms with van der Waals surface area (Å²) in [5.74, 6) is 0. The molecule has 9 aromatic carbocycles. The van der Waals surface area contributed by atoms with Crippen LogP contribution in [0.1, 0.15) is 0 Å². The van der Waals surface area contributed by atoms with E-state index in [1.54, 1.807) is 0 Å². The van der Waals surface area contributed by atoms with Crippen molar-refractivity contribution in [1.29, 1.82) is 0 Å². The summed E-state index contributed by atoms with van der Waals surface area (Å²) in [6.45, 7) is 0. The van der Waals surface area contributed by atoms with Crippen molar-refractivity contribution in [1.82, 2.24) is 0 Å². The highest BCUT2D eigenvalue weighted by atomic mass is 15.1. The normalized spacial score (nSPS) is 11.4. The van der Waals surface area contributed by atoms with E-state index in [4.69, 9.17) is 0 Å². The van der Waals surface area contributed by atoms with Crippen LogP contribution in [0, 0.1) is 0 Å². The molecule has 1 heteroatoms. The van der Waals surface area contributed by atoms with Crippen molar-refractivity contribution in [2.75, 3.05) is 4.90 Å². The molecule has 47 heavy (non-hydrogen) atoms. The van der Waals surface area contributed by atoms with Gasteiger partial charge in [0, 0.05) is 16.8 Å². The third kappa shape index (κ3) is 4.90. The monoisotopic (exact) mass is 597 g/mol. The van der Waals surface area contributed by atoms with Crippen LogP contribution in [0.3, 0.4) is 0 Å². The van der Waals surface area contributed by atoms with E-state index < -0.39 is 0 Å². The van der Waals surface area contributed by atoms with Gasteiger partial charge in [-0.3, -0.25) is 0 Å². The quantitative estimate of drug-likeness (QED) is 0.178. The van der Waals surface area contributed by atoms with Gasteiger partial charge < -0.3 is 4.90 Å². The van der Waals surface area contributed by atoms with Gasteiger partial charge in [0.25, 0.3) is 0 Å². The van der Waals surface area contributed by atoms with Gasteiger partial charge in [-0.1, -0.05) is 146 Å². The van der Waals surface area contributed by atoms with Crippen LogP contribution in [0.2, 0.25) is 0 Å².